The molecule has 0 spiro atoms. The first kappa shape index (κ1) is 26.3. The molecule has 0 unspecified atom stereocenters. The Morgan fingerprint density at radius 1 is 0.846 bits per heavy atom. The van der Waals surface area contributed by atoms with Gasteiger partial charge in [0.25, 0.3) is 0 Å². The van der Waals surface area contributed by atoms with Crippen LogP contribution < -0.4 is 0 Å². The molecule has 0 saturated heterocycles. The maximum Gasteiger partial charge on any atom is 0.306 e. The van der Waals surface area contributed by atoms with Crippen LogP contribution in [0.15, 0.2) is 0 Å². The van der Waals surface area contributed by atoms with Crippen LogP contribution in [0.5, 0.6) is 0 Å². The molecular weight excluding hydrogens is 342 g/mol. The van der Waals surface area contributed by atoms with E-state index in [0.717, 1.165) is 5.06 Å². The Bertz CT molecular complexity index is 461. The number of amides is 1. The molecule has 0 bridgehead atoms. The van der Waals surface area contributed by atoms with Gasteiger partial charge in [-0.2, -0.15) is 0 Å². The second-order valence-corrected chi connectivity index (χ2v) is 7.45. The van der Waals surface area contributed by atoms with Crippen molar-refractivity contribution < 1.29 is 33.5 Å². The molecule has 8 heteroatoms. The van der Waals surface area contributed by atoms with Crippen molar-refractivity contribution in [2.24, 2.45) is 0 Å². The summed E-state index contributed by atoms with van der Waals surface area (Å²) >= 11 is 0. The van der Waals surface area contributed by atoms with Gasteiger partial charge < -0.3 is 14.3 Å². The second-order valence-electron chi connectivity index (χ2n) is 7.45. The van der Waals surface area contributed by atoms with Crippen molar-refractivity contribution in [3.63, 3.8) is 0 Å². The molecule has 0 aliphatic rings. The van der Waals surface area contributed by atoms with Gasteiger partial charge in [0, 0.05) is 19.9 Å². The molecule has 0 aliphatic heterocycles. The van der Waals surface area contributed by atoms with Crippen molar-refractivity contribution >= 4 is 24.1 Å². The average molecular weight is 375 g/mol. The fourth-order valence-corrected chi connectivity index (χ4v) is 1.43. The lowest BCUT2D eigenvalue weighted by Gasteiger charge is -2.19. The van der Waals surface area contributed by atoms with Crippen LogP contribution in [0, 0.1) is 0 Å². The van der Waals surface area contributed by atoms with Gasteiger partial charge in [-0.3, -0.25) is 19.2 Å². The number of carbonyl (C=O) groups excluding carboxylic acids is 4. The fourth-order valence-electron chi connectivity index (χ4n) is 1.43. The van der Waals surface area contributed by atoms with Gasteiger partial charge in [-0.15, -0.1) is 0 Å². The third-order valence-electron chi connectivity index (χ3n) is 2.47. The SMILES string of the molecule is CC(C)(C)OC(=O)CCC=O.CON(C)C(=O)CCC(=O)OC(C)(C)C. The van der Waals surface area contributed by atoms with Crippen molar-refractivity contribution in [1.82, 2.24) is 5.06 Å². The highest BCUT2D eigenvalue weighted by atomic mass is 16.7. The van der Waals surface area contributed by atoms with Crippen LogP contribution in [-0.2, 0) is 33.5 Å². The Morgan fingerprint density at radius 2 is 1.27 bits per heavy atom. The summed E-state index contributed by atoms with van der Waals surface area (Å²) in [6.45, 7) is 10.7. The number of hydrogen-bond acceptors (Lipinski definition) is 7. The fraction of sp³-hybridized carbons (Fsp3) is 0.778. The number of rotatable bonds is 7. The number of nitrogens with zero attached hydrogens (tertiary/aromatic N) is 1. The second kappa shape index (κ2) is 12.4. The normalized spacial score (nSPS) is 10.9. The number of carbonyl (C=O) groups is 4. The molecular formula is C18H33NO7. The highest BCUT2D eigenvalue weighted by Crippen LogP contribution is 2.10. The first-order valence-electron chi connectivity index (χ1n) is 8.40. The van der Waals surface area contributed by atoms with E-state index in [-0.39, 0.29) is 43.5 Å². The molecule has 0 rings (SSSR count). The van der Waals surface area contributed by atoms with Gasteiger partial charge in [0.2, 0.25) is 5.91 Å². The van der Waals surface area contributed by atoms with E-state index in [4.69, 9.17) is 9.47 Å². The summed E-state index contributed by atoms with van der Waals surface area (Å²) in [5.41, 5.74) is -0.951. The molecule has 0 aliphatic carbocycles. The van der Waals surface area contributed by atoms with Crippen molar-refractivity contribution in [3.8, 4) is 0 Å². The van der Waals surface area contributed by atoms with Gasteiger partial charge in [0.15, 0.2) is 0 Å². The summed E-state index contributed by atoms with van der Waals surface area (Å²) in [4.78, 5) is 47.9. The minimum absolute atomic E-state index is 0.0732. The van der Waals surface area contributed by atoms with E-state index in [1.165, 1.54) is 14.2 Å². The van der Waals surface area contributed by atoms with Crippen LogP contribution in [0.4, 0.5) is 0 Å². The topological polar surface area (TPSA) is 99.2 Å². The number of hydrogen-bond donors (Lipinski definition) is 0. The minimum atomic E-state index is -0.507. The maximum absolute atomic E-state index is 11.2. The van der Waals surface area contributed by atoms with Crippen molar-refractivity contribution in [1.29, 1.82) is 0 Å². The zero-order chi connectivity index (χ0) is 21.0. The predicted molar refractivity (Wildman–Crippen MR) is 96.0 cm³/mol. The predicted octanol–water partition coefficient (Wildman–Crippen LogP) is 2.44. The summed E-state index contributed by atoms with van der Waals surface area (Å²) in [6.07, 6.45) is 1.31. The van der Waals surface area contributed by atoms with E-state index in [9.17, 15) is 19.2 Å². The van der Waals surface area contributed by atoms with E-state index >= 15 is 0 Å². The Hall–Kier alpha value is -1.96. The van der Waals surface area contributed by atoms with Gasteiger partial charge in [-0.05, 0) is 41.5 Å². The maximum atomic E-state index is 11.2. The van der Waals surface area contributed by atoms with Gasteiger partial charge in [-0.1, -0.05) is 0 Å². The van der Waals surface area contributed by atoms with Gasteiger partial charge >= 0.3 is 11.9 Å². The number of aldehydes is 1. The molecule has 26 heavy (non-hydrogen) atoms. The van der Waals surface area contributed by atoms with Gasteiger partial charge in [-0.25, -0.2) is 5.06 Å². The lowest BCUT2D eigenvalue weighted by atomic mass is 10.2. The molecule has 0 saturated carbocycles. The van der Waals surface area contributed by atoms with Crippen molar-refractivity contribution in [2.45, 2.75) is 78.4 Å². The van der Waals surface area contributed by atoms with Crippen LogP contribution in [0.1, 0.15) is 67.2 Å². The summed E-state index contributed by atoms with van der Waals surface area (Å²) in [7, 11) is 2.89. The Morgan fingerprint density at radius 3 is 1.62 bits per heavy atom. The third-order valence-corrected chi connectivity index (χ3v) is 2.47. The lowest BCUT2D eigenvalue weighted by molar-refractivity contribution is -0.171. The number of hydroxylamine groups is 2. The van der Waals surface area contributed by atoms with E-state index in [1.54, 1.807) is 41.5 Å². The Labute approximate surface area is 156 Å². The molecule has 1 amide bonds. The van der Waals surface area contributed by atoms with E-state index in [2.05, 4.69) is 4.84 Å². The van der Waals surface area contributed by atoms with Crippen molar-refractivity contribution in [2.75, 3.05) is 14.2 Å². The molecule has 0 atom stereocenters. The van der Waals surface area contributed by atoms with Crippen LogP contribution in [0.3, 0.4) is 0 Å². The molecule has 0 aromatic rings. The monoisotopic (exact) mass is 375 g/mol. The Kier molecular flexibility index (Phi) is 12.5. The minimum Gasteiger partial charge on any atom is -0.460 e. The third kappa shape index (κ3) is 18.4. The van der Waals surface area contributed by atoms with Crippen LogP contribution in [0.25, 0.3) is 0 Å². The molecule has 0 aromatic carbocycles. The Balaban J connectivity index is 0. The zero-order valence-electron chi connectivity index (χ0n) is 17.2. The molecule has 0 N–H and O–H groups in total. The average Bonchev–Trinajstić information content (AvgIpc) is 2.47. The van der Waals surface area contributed by atoms with E-state index in [1.807, 2.05) is 0 Å². The van der Waals surface area contributed by atoms with Crippen LogP contribution >= 0.6 is 0 Å². The molecule has 0 heterocycles. The van der Waals surface area contributed by atoms with Crippen LogP contribution in [-0.4, -0.2) is 54.6 Å². The standard InChI is InChI=1S/C10H19NO4.C8H14O3/c1-10(2,3)15-9(13)7-6-8(12)11(4)14-5;1-8(2,3)11-7(10)5-4-6-9/h6-7H2,1-5H3;6H,4-5H2,1-3H3. The number of ether oxygens (including phenoxy) is 2. The first-order valence-corrected chi connectivity index (χ1v) is 8.40. The molecule has 0 fully saturated rings. The summed E-state index contributed by atoms with van der Waals surface area (Å²) in [5.74, 6) is -0.937. The molecule has 0 radical (unpaired) electrons. The summed E-state index contributed by atoms with van der Waals surface area (Å²) < 4.78 is 9.99. The molecule has 8 nitrogen and oxygen atoms in total. The van der Waals surface area contributed by atoms with E-state index in [0.29, 0.717) is 6.29 Å². The number of esters is 2. The quantitative estimate of drug-likeness (QED) is 0.383. The van der Waals surface area contributed by atoms with Gasteiger partial charge in [0.05, 0.1) is 20.0 Å². The zero-order valence-corrected chi connectivity index (χ0v) is 17.2. The highest BCUT2D eigenvalue weighted by molar-refractivity contribution is 5.80. The molecule has 152 valence electrons. The van der Waals surface area contributed by atoms with Crippen LogP contribution in [0.2, 0.25) is 0 Å². The highest BCUT2D eigenvalue weighted by Gasteiger charge is 2.18. The first-order chi connectivity index (χ1) is 11.7. The van der Waals surface area contributed by atoms with Gasteiger partial charge in [0.1, 0.15) is 17.5 Å². The summed E-state index contributed by atoms with van der Waals surface area (Å²) in [5, 5.41) is 1.09. The smallest absolute Gasteiger partial charge is 0.306 e. The lowest BCUT2D eigenvalue weighted by Crippen LogP contribution is -2.28. The summed E-state index contributed by atoms with van der Waals surface area (Å²) in [6, 6.07) is 0. The van der Waals surface area contributed by atoms with E-state index < -0.39 is 11.2 Å². The molecule has 0 aromatic heterocycles. The largest absolute Gasteiger partial charge is 0.460 e. The van der Waals surface area contributed by atoms with Crippen molar-refractivity contribution in [3.05, 3.63) is 0 Å².